The van der Waals surface area contributed by atoms with E-state index in [4.69, 9.17) is 4.74 Å². The molecule has 5 atom stereocenters. The Bertz CT molecular complexity index is 364. The smallest absolute Gasteiger partial charge is 0.0969 e. The van der Waals surface area contributed by atoms with Gasteiger partial charge in [-0.3, -0.25) is 0 Å². The molecule has 110 valence electrons. The van der Waals surface area contributed by atoms with Crippen LogP contribution in [0.5, 0.6) is 0 Å². The van der Waals surface area contributed by atoms with Crippen LogP contribution in [0, 0.1) is 22.7 Å². The average molecular weight is 266 g/mol. The van der Waals surface area contributed by atoms with Gasteiger partial charge in [0.1, 0.15) is 0 Å². The summed E-state index contributed by atoms with van der Waals surface area (Å²) in [6.07, 6.45) is 8.02. The molecule has 0 aromatic carbocycles. The van der Waals surface area contributed by atoms with Crippen molar-refractivity contribution in [2.24, 2.45) is 22.7 Å². The molecule has 3 fully saturated rings. The molecule has 0 aromatic heterocycles. The molecule has 1 N–H and O–H groups in total. The van der Waals surface area contributed by atoms with Crippen LogP contribution in [0.3, 0.4) is 0 Å². The maximum Gasteiger partial charge on any atom is 0.0969 e. The lowest BCUT2D eigenvalue weighted by Gasteiger charge is -2.52. The highest BCUT2D eigenvalue weighted by atomic mass is 16.5. The minimum absolute atomic E-state index is 0.261. The van der Waals surface area contributed by atoms with E-state index in [9.17, 15) is 5.11 Å². The minimum Gasteiger partial charge on any atom is -0.390 e. The molecule has 3 rings (SSSR count). The van der Waals surface area contributed by atoms with Crippen molar-refractivity contribution in [2.45, 2.75) is 77.4 Å². The third-order valence-electron chi connectivity index (χ3n) is 7.62. The van der Waals surface area contributed by atoms with E-state index in [1.54, 1.807) is 0 Å². The van der Waals surface area contributed by atoms with Gasteiger partial charge in [-0.2, -0.15) is 0 Å². The van der Waals surface area contributed by atoms with E-state index in [0.29, 0.717) is 16.7 Å². The van der Waals surface area contributed by atoms with Gasteiger partial charge in [0.15, 0.2) is 0 Å². The van der Waals surface area contributed by atoms with E-state index in [0.717, 1.165) is 25.2 Å². The van der Waals surface area contributed by atoms with Gasteiger partial charge < -0.3 is 9.84 Å². The number of rotatable bonds is 2. The number of hydrogen-bond acceptors (Lipinski definition) is 2. The van der Waals surface area contributed by atoms with Gasteiger partial charge in [0, 0.05) is 7.11 Å². The van der Waals surface area contributed by atoms with E-state index in [2.05, 4.69) is 20.8 Å². The molecule has 0 aliphatic heterocycles. The van der Waals surface area contributed by atoms with Crippen LogP contribution in [-0.4, -0.2) is 23.9 Å². The predicted molar refractivity (Wildman–Crippen MR) is 76.9 cm³/mol. The number of aliphatic hydroxyl groups excluding tert-OH is 1. The lowest BCUT2D eigenvalue weighted by Crippen LogP contribution is -2.57. The molecule has 2 bridgehead atoms. The van der Waals surface area contributed by atoms with Crippen molar-refractivity contribution >= 4 is 0 Å². The van der Waals surface area contributed by atoms with Crippen molar-refractivity contribution in [1.29, 1.82) is 0 Å². The molecule has 0 spiro atoms. The number of ether oxygens (including phenoxy) is 1. The maximum atomic E-state index is 10.7. The van der Waals surface area contributed by atoms with E-state index < -0.39 is 0 Å². The highest BCUT2D eigenvalue weighted by Crippen LogP contribution is 2.71. The summed E-state index contributed by atoms with van der Waals surface area (Å²) in [5.41, 5.74) is 0.478. The Morgan fingerprint density at radius 2 is 1.79 bits per heavy atom. The first kappa shape index (κ1) is 13.9. The summed E-state index contributed by atoms with van der Waals surface area (Å²) < 4.78 is 6.04. The molecule has 3 aliphatic carbocycles. The molecule has 0 radical (unpaired) electrons. The van der Waals surface area contributed by atoms with Crippen LogP contribution in [0.4, 0.5) is 0 Å². The molecule has 3 aliphatic rings. The summed E-state index contributed by atoms with van der Waals surface area (Å²) in [5.74, 6) is 1.36. The molecule has 3 saturated carbocycles. The van der Waals surface area contributed by atoms with E-state index in [-0.39, 0.29) is 11.7 Å². The zero-order chi connectivity index (χ0) is 13.9. The van der Waals surface area contributed by atoms with Crippen LogP contribution in [0.15, 0.2) is 0 Å². The molecular formula is C17H30O2. The minimum atomic E-state index is -0.264. The van der Waals surface area contributed by atoms with Gasteiger partial charge in [-0.25, -0.2) is 0 Å². The highest BCUT2D eigenvalue weighted by molar-refractivity contribution is 5.16. The molecule has 0 amide bonds. The Labute approximate surface area is 117 Å². The first-order valence-corrected chi connectivity index (χ1v) is 8.12. The molecule has 2 heteroatoms. The number of fused-ring (bicyclic) bond motifs is 2. The second-order valence-corrected chi connectivity index (χ2v) is 8.08. The molecule has 0 aromatic rings. The fourth-order valence-electron chi connectivity index (χ4n) is 5.88. The third-order valence-corrected chi connectivity index (χ3v) is 7.62. The van der Waals surface area contributed by atoms with Crippen molar-refractivity contribution in [2.75, 3.05) is 7.11 Å². The summed E-state index contributed by atoms with van der Waals surface area (Å²) in [7, 11) is 1.83. The van der Waals surface area contributed by atoms with Crippen molar-refractivity contribution in [3.05, 3.63) is 0 Å². The summed E-state index contributed by atoms with van der Waals surface area (Å²) in [6, 6.07) is 0. The fourth-order valence-corrected chi connectivity index (χ4v) is 5.88. The Balaban J connectivity index is 1.98. The van der Waals surface area contributed by atoms with Crippen LogP contribution in [0.25, 0.3) is 0 Å². The molecule has 2 nitrogen and oxygen atoms in total. The lowest BCUT2D eigenvalue weighted by molar-refractivity contribution is -0.186. The predicted octanol–water partition coefficient (Wildman–Crippen LogP) is 3.77. The zero-order valence-electron chi connectivity index (χ0n) is 13.0. The van der Waals surface area contributed by atoms with Gasteiger partial charge in [0.25, 0.3) is 0 Å². The SMILES string of the molecule is COC1([C@H]2C[C@@H]3CC[C@@]2(C)C3(C)C)CCCCC1O. The van der Waals surface area contributed by atoms with Gasteiger partial charge in [-0.05, 0) is 54.8 Å². The fraction of sp³-hybridized carbons (Fsp3) is 1.00. The second-order valence-electron chi connectivity index (χ2n) is 8.08. The second kappa shape index (κ2) is 4.21. The Kier molecular flexibility index (Phi) is 3.07. The van der Waals surface area contributed by atoms with Crippen LogP contribution in [-0.2, 0) is 4.74 Å². The maximum absolute atomic E-state index is 10.7. The lowest BCUT2D eigenvalue weighted by atomic mass is 9.58. The normalized spacial score (nSPS) is 52.6. The third kappa shape index (κ3) is 1.56. The summed E-state index contributed by atoms with van der Waals surface area (Å²) in [5, 5.41) is 10.7. The summed E-state index contributed by atoms with van der Waals surface area (Å²) in [6.45, 7) is 7.36. The van der Waals surface area contributed by atoms with Crippen LogP contribution in [0.2, 0.25) is 0 Å². The quantitative estimate of drug-likeness (QED) is 0.824. The molecule has 2 unspecified atom stereocenters. The van der Waals surface area contributed by atoms with E-state index >= 15 is 0 Å². The van der Waals surface area contributed by atoms with Crippen LogP contribution < -0.4 is 0 Å². The van der Waals surface area contributed by atoms with Gasteiger partial charge in [0.2, 0.25) is 0 Å². The van der Waals surface area contributed by atoms with Gasteiger partial charge in [-0.1, -0.05) is 33.6 Å². The average Bonchev–Trinajstić information content (AvgIpc) is 2.72. The number of hydrogen-bond donors (Lipinski definition) is 1. The van der Waals surface area contributed by atoms with E-state index in [1.807, 2.05) is 7.11 Å². The van der Waals surface area contributed by atoms with Crippen molar-refractivity contribution in [3.8, 4) is 0 Å². The molecule has 0 heterocycles. The van der Waals surface area contributed by atoms with Gasteiger partial charge >= 0.3 is 0 Å². The molecule has 19 heavy (non-hydrogen) atoms. The summed E-state index contributed by atoms with van der Waals surface area (Å²) in [4.78, 5) is 0. The Morgan fingerprint density at radius 1 is 1.05 bits per heavy atom. The van der Waals surface area contributed by atoms with E-state index in [1.165, 1.54) is 25.7 Å². The van der Waals surface area contributed by atoms with Crippen LogP contribution in [0.1, 0.15) is 65.7 Å². The van der Waals surface area contributed by atoms with Gasteiger partial charge in [-0.15, -0.1) is 0 Å². The number of methoxy groups -OCH3 is 1. The highest BCUT2D eigenvalue weighted by Gasteiger charge is 2.67. The van der Waals surface area contributed by atoms with Crippen LogP contribution >= 0.6 is 0 Å². The first-order valence-electron chi connectivity index (χ1n) is 8.12. The number of aliphatic hydroxyl groups is 1. The molecular weight excluding hydrogens is 236 g/mol. The van der Waals surface area contributed by atoms with Crippen molar-refractivity contribution in [3.63, 3.8) is 0 Å². The standard InChI is InChI=1S/C17H30O2/c1-15(2)12-8-10-16(15,3)13(11-12)17(19-4)9-6-5-7-14(17)18/h12-14,18H,5-11H2,1-4H3/t12-,13-,14?,16+,17?/m0/s1. The largest absolute Gasteiger partial charge is 0.390 e. The first-order chi connectivity index (χ1) is 8.88. The topological polar surface area (TPSA) is 29.5 Å². The van der Waals surface area contributed by atoms with Gasteiger partial charge in [0.05, 0.1) is 11.7 Å². The zero-order valence-corrected chi connectivity index (χ0v) is 13.0. The summed E-state index contributed by atoms with van der Waals surface area (Å²) >= 11 is 0. The Morgan fingerprint density at radius 3 is 2.26 bits per heavy atom. The molecule has 0 saturated heterocycles. The monoisotopic (exact) mass is 266 g/mol. The van der Waals surface area contributed by atoms with Crippen molar-refractivity contribution < 1.29 is 9.84 Å². The Hall–Kier alpha value is -0.0800. The van der Waals surface area contributed by atoms with Crippen molar-refractivity contribution in [1.82, 2.24) is 0 Å².